The summed E-state index contributed by atoms with van der Waals surface area (Å²) in [6.07, 6.45) is -0.844. The van der Waals surface area contributed by atoms with E-state index in [1.807, 2.05) is 0 Å². The van der Waals surface area contributed by atoms with Gasteiger partial charge in [0.15, 0.2) is 0 Å². The van der Waals surface area contributed by atoms with Gasteiger partial charge in [0.2, 0.25) is 0 Å². The van der Waals surface area contributed by atoms with Crippen molar-refractivity contribution in [1.29, 1.82) is 0 Å². The van der Waals surface area contributed by atoms with Crippen LogP contribution in [0, 0.1) is 10.1 Å². The number of nitro groups is 1. The van der Waals surface area contributed by atoms with E-state index in [0.29, 0.717) is 0 Å². The highest BCUT2D eigenvalue weighted by Gasteiger charge is 2.14. The summed E-state index contributed by atoms with van der Waals surface area (Å²) >= 11 is 0. The summed E-state index contributed by atoms with van der Waals surface area (Å²) < 4.78 is 4.51. The van der Waals surface area contributed by atoms with E-state index in [9.17, 15) is 14.9 Å². The zero-order valence-corrected chi connectivity index (χ0v) is 8.25. The Hall–Kier alpha value is -2.15. The molecule has 1 aromatic rings. The highest BCUT2D eigenvalue weighted by atomic mass is 16.6. The molecule has 0 bridgehead atoms. The molecule has 1 rings (SSSR count). The van der Waals surface area contributed by atoms with Gasteiger partial charge in [0.05, 0.1) is 11.5 Å². The molecule has 0 spiro atoms. The topological polar surface area (TPSA) is 102 Å². The molecule has 0 saturated heterocycles. The number of aliphatic hydroxyl groups is 1. The third kappa shape index (κ3) is 3.21. The van der Waals surface area contributed by atoms with Gasteiger partial charge in [-0.25, -0.2) is 4.79 Å². The van der Waals surface area contributed by atoms with Crippen LogP contribution in [0.5, 0.6) is 0 Å². The number of aliphatic hydroxyl groups excluding tert-OH is 1. The maximum Gasteiger partial charge on any atom is 0.411 e. The van der Waals surface area contributed by atoms with Crippen molar-refractivity contribution >= 4 is 17.5 Å². The number of hydrogen-bond acceptors (Lipinski definition) is 5. The van der Waals surface area contributed by atoms with E-state index in [1.54, 1.807) is 6.07 Å². The van der Waals surface area contributed by atoms with Gasteiger partial charge in [-0.05, 0) is 6.07 Å². The van der Waals surface area contributed by atoms with Gasteiger partial charge in [0, 0.05) is 6.07 Å². The minimum atomic E-state index is -0.844. The number of benzene rings is 1. The first-order valence-electron chi connectivity index (χ1n) is 4.43. The van der Waals surface area contributed by atoms with E-state index in [4.69, 9.17) is 5.11 Å². The number of ether oxygens (including phenoxy) is 1. The standard InChI is InChI=1S/C9H10N2O5/c12-5-6-16-9(13)10-7-3-1-2-4-8(7)11(14)15/h1-4,12H,5-6H2,(H,10,13). The molecule has 1 amide bonds. The third-order valence-corrected chi connectivity index (χ3v) is 1.66. The summed E-state index contributed by atoms with van der Waals surface area (Å²) in [5.74, 6) is 0. The van der Waals surface area contributed by atoms with Crippen molar-refractivity contribution in [2.24, 2.45) is 0 Å². The Bertz CT molecular complexity index is 393. The van der Waals surface area contributed by atoms with Gasteiger partial charge in [0.1, 0.15) is 12.3 Å². The van der Waals surface area contributed by atoms with Gasteiger partial charge >= 0.3 is 6.09 Å². The number of carbonyl (C=O) groups is 1. The van der Waals surface area contributed by atoms with Crippen LogP contribution in [-0.2, 0) is 4.74 Å². The molecule has 0 aromatic heterocycles. The molecule has 0 fully saturated rings. The van der Waals surface area contributed by atoms with Crippen LogP contribution in [0.4, 0.5) is 16.2 Å². The quantitative estimate of drug-likeness (QED) is 0.592. The summed E-state index contributed by atoms with van der Waals surface area (Å²) in [5, 5.41) is 21.2. The number of rotatable bonds is 4. The molecular formula is C9H10N2O5. The molecule has 0 aliphatic heterocycles. The van der Waals surface area contributed by atoms with Crippen molar-refractivity contribution in [3.05, 3.63) is 34.4 Å². The number of anilines is 1. The number of nitrogens with zero attached hydrogens (tertiary/aromatic N) is 1. The third-order valence-electron chi connectivity index (χ3n) is 1.66. The fourth-order valence-corrected chi connectivity index (χ4v) is 1.02. The Kier molecular flexibility index (Phi) is 4.22. The monoisotopic (exact) mass is 226 g/mol. The molecule has 0 atom stereocenters. The summed E-state index contributed by atoms with van der Waals surface area (Å²) in [5.41, 5.74) is -0.168. The van der Waals surface area contributed by atoms with E-state index in [1.165, 1.54) is 18.2 Å². The van der Waals surface area contributed by atoms with Crippen molar-refractivity contribution in [2.75, 3.05) is 18.5 Å². The predicted molar refractivity (Wildman–Crippen MR) is 55.2 cm³/mol. The van der Waals surface area contributed by atoms with Gasteiger partial charge in [-0.1, -0.05) is 12.1 Å². The molecule has 86 valence electrons. The largest absolute Gasteiger partial charge is 0.447 e. The molecule has 0 saturated carbocycles. The van der Waals surface area contributed by atoms with Crippen molar-refractivity contribution in [2.45, 2.75) is 0 Å². The van der Waals surface area contributed by atoms with Gasteiger partial charge in [0.25, 0.3) is 5.69 Å². The highest BCUT2D eigenvalue weighted by molar-refractivity contribution is 5.87. The fourth-order valence-electron chi connectivity index (χ4n) is 1.02. The second-order valence-electron chi connectivity index (χ2n) is 2.76. The lowest BCUT2D eigenvalue weighted by molar-refractivity contribution is -0.383. The summed E-state index contributed by atoms with van der Waals surface area (Å²) in [6.45, 7) is -0.462. The fraction of sp³-hybridized carbons (Fsp3) is 0.222. The second kappa shape index (κ2) is 5.66. The minimum Gasteiger partial charge on any atom is -0.447 e. The smallest absolute Gasteiger partial charge is 0.411 e. The van der Waals surface area contributed by atoms with Crippen LogP contribution < -0.4 is 5.32 Å². The SMILES string of the molecule is O=C(Nc1ccccc1[N+](=O)[O-])OCCO. The first-order valence-corrected chi connectivity index (χ1v) is 4.43. The van der Waals surface area contributed by atoms with E-state index < -0.39 is 11.0 Å². The van der Waals surface area contributed by atoms with E-state index in [-0.39, 0.29) is 24.6 Å². The van der Waals surface area contributed by atoms with Crippen molar-refractivity contribution in [3.63, 3.8) is 0 Å². The van der Waals surface area contributed by atoms with Crippen LogP contribution in [-0.4, -0.2) is 29.3 Å². The molecule has 0 aliphatic rings. The maximum absolute atomic E-state index is 11.1. The van der Waals surface area contributed by atoms with Gasteiger partial charge < -0.3 is 9.84 Å². The number of carbonyl (C=O) groups excluding carboxylic acids is 1. The average Bonchev–Trinajstić information content (AvgIpc) is 2.27. The zero-order chi connectivity index (χ0) is 12.0. The number of para-hydroxylation sites is 2. The number of nitrogens with one attached hydrogen (secondary N) is 1. The van der Waals surface area contributed by atoms with Crippen LogP contribution in [0.3, 0.4) is 0 Å². The Morgan fingerprint density at radius 1 is 1.50 bits per heavy atom. The first kappa shape index (κ1) is 11.9. The van der Waals surface area contributed by atoms with Crippen LogP contribution in [0.25, 0.3) is 0 Å². The molecule has 16 heavy (non-hydrogen) atoms. The Labute approximate surface area is 90.8 Å². The molecule has 0 heterocycles. The summed E-state index contributed by atoms with van der Waals surface area (Å²) in [6, 6.07) is 5.69. The number of nitro benzene ring substituents is 1. The normalized spacial score (nSPS) is 9.56. The van der Waals surface area contributed by atoms with Crippen LogP contribution in [0.15, 0.2) is 24.3 Å². The molecular weight excluding hydrogens is 216 g/mol. The maximum atomic E-state index is 11.1. The molecule has 7 nitrogen and oxygen atoms in total. The predicted octanol–water partition coefficient (Wildman–Crippen LogP) is 1.14. The lowest BCUT2D eigenvalue weighted by atomic mass is 10.3. The number of hydrogen-bond donors (Lipinski definition) is 2. The summed E-state index contributed by atoms with van der Waals surface area (Å²) in [4.78, 5) is 21.1. The first-order chi connectivity index (χ1) is 7.65. The Morgan fingerprint density at radius 2 is 2.19 bits per heavy atom. The molecule has 1 aromatic carbocycles. The van der Waals surface area contributed by atoms with Crippen LogP contribution in [0.1, 0.15) is 0 Å². The highest BCUT2D eigenvalue weighted by Crippen LogP contribution is 2.23. The second-order valence-corrected chi connectivity index (χ2v) is 2.76. The molecule has 2 N–H and O–H groups in total. The Morgan fingerprint density at radius 3 is 2.81 bits per heavy atom. The molecule has 0 unspecified atom stereocenters. The van der Waals surface area contributed by atoms with Gasteiger partial charge in [-0.2, -0.15) is 0 Å². The van der Waals surface area contributed by atoms with Crippen LogP contribution in [0.2, 0.25) is 0 Å². The Balaban J connectivity index is 2.73. The van der Waals surface area contributed by atoms with E-state index >= 15 is 0 Å². The minimum absolute atomic E-state index is 0.0513. The molecule has 7 heteroatoms. The summed E-state index contributed by atoms with van der Waals surface area (Å²) in [7, 11) is 0. The van der Waals surface area contributed by atoms with Crippen molar-refractivity contribution in [3.8, 4) is 0 Å². The van der Waals surface area contributed by atoms with Gasteiger partial charge in [-0.15, -0.1) is 0 Å². The van der Waals surface area contributed by atoms with Crippen LogP contribution >= 0.6 is 0 Å². The van der Waals surface area contributed by atoms with E-state index in [0.717, 1.165) is 0 Å². The van der Waals surface area contributed by atoms with Crippen molar-refractivity contribution < 1.29 is 19.6 Å². The van der Waals surface area contributed by atoms with Gasteiger partial charge in [-0.3, -0.25) is 15.4 Å². The zero-order valence-electron chi connectivity index (χ0n) is 8.25. The van der Waals surface area contributed by atoms with Crippen molar-refractivity contribution in [1.82, 2.24) is 0 Å². The molecule has 0 radical (unpaired) electrons. The lowest BCUT2D eigenvalue weighted by Crippen LogP contribution is -2.16. The number of amides is 1. The molecule has 0 aliphatic carbocycles. The average molecular weight is 226 g/mol. The lowest BCUT2D eigenvalue weighted by Gasteiger charge is -2.05. The van der Waals surface area contributed by atoms with E-state index in [2.05, 4.69) is 10.1 Å².